The Morgan fingerprint density at radius 2 is 1.22 bits per heavy atom. The Morgan fingerprint density at radius 3 is 1.90 bits per heavy atom. The van der Waals surface area contributed by atoms with Crippen LogP contribution < -0.4 is 0 Å². The summed E-state index contributed by atoms with van der Waals surface area (Å²) in [4.78, 5) is 1.000. The van der Waals surface area contributed by atoms with Crippen LogP contribution in [0.2, 0.25) is 0 Å². The molecule has 9 heteroatoms. The zero-order valence-corrected chi connectivity index (χ0v) is 27.5. The molecule has 0 saturated carbocycles. The SMILES string of the molecule is N#Cc1ccc(Cc2cccc(S)c2Cc2ccccc2-c2c3ccccc3cc3cc4ccccc4cc23)cc1.O=S(=O)(O)C(F)(F)F. The van der Waals surface area contributed by atoms with Crippen molar-refractivity contribution >= 4 is 55.1 Å². The van der Waals surface area contributed by atoms with Crippen molar-refractivity contribution in [2.24, 2.45) is 0 Å². The summed E-state index contributed by atoms with van der Waals surface area (Å²) in [6.45, 7) is 0. The first-order valence-corrected chi connectivity index (χ1v) is 17.1. The molecule has 0 radical (unpaired) electrons. The Hall–Kier alpha value is -5.14. The van der Waals surface area contributed by atoms with Gasteiger partial charge in [-0.05, 0) is 115 Å². The number of nitriles is 1. The Kier molecular flexibility index (Phi) is 9.48. The third-order valence-corrected chi connectivity index (χ3v) is 9.40. The molecule has 0 aromatic heterocycles. The van der Waals surface area contributed by atoms with Gasteiger partial charge in [-0.25, -0.2) is 0 Å². The van der Waals surface area contributed by atoms with Gasteiger partial charge in [-0.15, -0.1) is 12.6 Å². The predicted molar refractivity (Wildman–Crippen MR) is 192 cm³/mol. The summed E-state index contributed by atoms with van der Waals surface area (Å²) < 4.78 is 57.5. The summed E-state index contributed by atoms with van der Waals surface area (Å²) in [5.74, 6) is 0. The summed E-state index contributed by atoms with van der Waals surface area (Å²) in [5, 5.41) is 16.7. The molecule has 0 amide bonds. The van der Waals surface area contributed by atoms with Crippen molar-refractivity contribution < 1.29 is 26.1 Å². The number of thiol groups is 1. The molecule has 244 valence electrons. The Balaban J connectivity index is 0.000000466. The molecule has 0 heterocycles. The molecule has 7 aromatic carbocycles. The number of fused-ring (bicyclic) bond motifs is 3. The van der Waals surface area contributed by atoms with E-state index in [4.69, 9.17) is 25.6 Å². The molecule has 0 spiro atoms. The van der Waals surface area contributed by atoms with Crippen molar-refractivity contribution in [2.45, 2.75) is 23.2 Å². The number of nitrogens with zero attached hydrogens (tertiary/aromatic N) is 1. The second-order valence-electron chi connectivity index (χ2n) is 11.5. The number of hydrogen-bond acceptors (Lipinski definition) is 4. The lowest BCUT2D eigenvalue weighted by atomic mass is 9.86. The largest absolute Gasteiger partial charge is 0.522 e. The molecular formula is C40H28F3NO3S2. The lowest BCUT2D eigenvalue weighted by molar-refractivity contribution is -0.0510. The third-order valence-electron chi connectivity index (χ3n) is 8.40. The van der Waals surface area contributed by atoms with E-state index in [-0.39, 0.29) is 0 Å². The van der Waals surface area contributed by atoms with Gasteiger partial charge in [-0.2, -0.15) is 26.9 Å². The van der Waals surface area contributed by atoms with Crippen LogP contribution in [-0.4, -0.2) is 18.5 Å². The molecular weight excluding hydrogens is 664 g/mol. The van der Waals surface area contributed by atoms with E-state index < -0.39 is 15.6 Å². The van der Waals surface area contributed by atoms with Gasteiger partial charge in [0.05, 0.1) is 11.6 Å². The molecule has 4 nitrogen and oxygen atoms in total. The lowest BCUT2D eigenvalue weighted by Gasteiger charge is -2.18. The van der Waals surface area contributed by atoms with Crippen LogP contribution in [0, 0.1) is 11.3 Å². The fraction of sp³-hybridized carbons (Fsp3) is 0.0750. The van der Waals surface area contributed by atoms with Crippen LogP contribution in [0.4, 0.5) is 13.2 Å². The van der Waals surface area contributed by atoms with E-state index in [1.165, 1.54) is 65.7 Å². The van der Waals surface area contributed by atoms with Gasteiger partial charge in [-0.3, -0.25) is 4.55 Å². The first-order valence-electron chi connectivity index (χ1n) is 15.2. The maximum Gasteiger partial charge on any atom is 0.522 e. The molecule has 7 rings (SSSR count). The fourth-order valence-electron chi connectivity index (χ4n) is 6.06. The number of hydrogen-bond donors (Lipinski definition) is 2. The van der Waals surface area contributed by atoms with Gasteiger partial charge in [0.1, 0.15) is 0 Å². The molecule has 0 fully saturated rings. The van der Waals surface area contributed by atoms with Crippen LogP contribution in [0.3, 0.4) is 0 Å². The zero-order valence-electron chi connectivity index (χ0n) is 25.8. The molecule has 0 saturated heterocycles. The molecule has 1 N–H and O–H groups in total. The lowest BCUT2D eigenvalue weighted by Crippen LogP contribution is -2.21. The summed E-state index contributed by atoms with van der Waals surface area (Å²) in [6, 6.07) is 49.6. The summed E-state index contributed by atoms with van der Waals surface area (Å²) >= 11 is 4.93. The minimum atomic E-state index is -5.84. The van der Waals surface area contributed by atoms with Crippen LogP contribution in [0.1, 0.15) is 27.8 Å². The van der Waals surface area contributed by atoms with Crippen LogP contribution in [0.15, 0.2) is 138 Å². The molecule has 0 atom stereocenters. The molecule has 0 bridgehead atoms. The van der Waals surface area contributed by atoms with Crippen molar-refractivity contribution in [3.05, 3.63) is 161 Å². The maximum atomic E-state index is 10.7. The molecule has 0 unspecified atom stereocenters. The molecule has 0 aliphatic carbocycles. The number of benzene rings is 7. The van der Waals surface area contributed by atoms with E-state index in [0.29, 0.717) is 5.56 Å². The summed E-state index contributed by atoms with van der Waals surface area (Å²) in [7, 11) is -5.84. The van der Waals surface area contributed by atoms with Crippen molar-refractivity contribution in [3.8, 4) is 17.2 Å². The zero-order chi connectivity index (χ0) is 34.8. The number of rotatable bonds is 5. The van der Waals surface area contributed by atoms with Gasteiger partial charge in [0.15, 0.2) is 0 Å². The van der Waals surface area contributed by atoms with E-state index in [9.17, 15) is 18.4 Å². The summed E-state index contributed by atoms with van der Waals surface area (Å²) in [6.07, 6.45) is 1.57. The van der Waals surface area contributed by atoms with Gasteiger partial charge in [0.25, 0.3) is 0 Å². The first kappa shape index (κ1) is 33.7. The topological polar surface area (TPSA) is 78.2 Å². The van der Waals surface area contributed by atoms with Gasteiger partial charge < -0.3 is 0 Å². The second kappa shape index (κ2) is 13.8. The van der Waals surface area contributed by atoms with Crippen molar-refractivity contribution in [1.29, 1.82) is 5.26 Å². The van der Waals surface area contributed by atoms with Gasteiger partial charge in [0, 0.05) is 4.90 Å². The highest BCUT2D eigenvalue weighted by Crippen LogP contribution is 2.40. The van der Waals surface area contributed by atoms with Crippen molar-refractivity contribution in [3.63, 3.8) is 0 Å². The maximum absolute atomic E-state index is 10.7. The Labute approximate surface area is 287 Å². The highest BCUT2D eigenvalue weighted by atomic mass is 32.2. The van der Waals surface area contributed by atoms with Gasteiger partial charge in [0.2, 0.25) is 0 Å². The van der Waals surface area contributed by atoms with Crippen LogP contribution >= 0.6 is 12.6 Å². The van der Waals surface area contributed by atoms with Crippen LogP contribution in [0.5, 0.6) is 0 Å². The monoisotopic (exact) mass is 691 g/mol. The minimum absolute atomic E-state index is 0.681. The predicted octanol–water partition coefficient (Wildman–Crippen LogP) is 10.5. The standard InChI is InChI=1S/C39H27NS.CHF3O3S/c40-25-27-18-16-26(17-19-27)20-30-12-7-15-38(41)36(30)24-32-11-4-6-14-35(32)39-34-13-5-3-10-31(34)22-33-21-28-8-1-2-9-29(28)23-37(33)39;2-1(3,4)8(5,6)7/h1-19,21-23,41H,20,24H2;(H,5,6,7). The van der Waals surface area contributed by atoms with E-state index in [2.05, 4.69) is 115 Å². The summed E-state index contributed by atoms with van der Waals surface area (Å²) in [5.41, 5.74) is 2.64. The molecule has 0 aliphatic rings. The van der Waals surface area contributed by atoms with Gasteiger partial charge >= 0.3 is 15.6 Å². The average Bonchev–Trinajstić information content (AvgIpc) is 3.08. The second-order valence-corrected chi connectivity index (χ2v) is 13.4. The normalized spacial score (nSPS) is 11.7. The van der Waals surface area contributed by atoms with Crippen LogP contribution in [0.25, 0.3) is 43.4 Å². The van der Waals surface area contributed by atoms with E-state index >= 15 is 0 Å². The van der Waals surface area contributed by atoms with E-state index in [0.717, 1.165) is 17.7 Å². The average molecular weight is 692 g/mol. The minimum Gasteiger partial charge on any atom is -0.279 e. The van der Waals surface area contributed by atoms with Crippen molar-refractivity contribution in [2.75, 3.05) is 0 Å². The van der Waals surface area contributed by atoms with E-state index in [1.54, 1.807) is 0 Å². The molecule has 7 aromatic rings. The highest BCUT2D eigenvalue weighted by Gasteiger charge is 2.44. The quantitative estimate of drug-likeness (QED) is 0.0815. The smallest absolute Gasteiger partial charge is 0.279 e. The first-order chi connectivity index (χ1) is 23.4. The number of halogens is 3. The Morgan fingerprint density at radius 1 is 0.653 bits per heavy atom. The Bertz CT molecular complexity index is 2480. The molecule has 49 heavy (non-hydrogen) atoms. The highest BCUT2D eigenvalue weighted by molar-refractivity contribution is 7.86. The van der Waals surface area contributed by atoms with Crippen molar-refractivity contribution in [1.82, 2.24) is 0 Å². The number of alkyl halides is 3. The van der Waals surface area contributed by atoms with E-state index in [1.807, 2.05) is 24.3 Å². The third kappa shape index (κ3) is 7.32. The van der Waals surface area contributed by atoms with Crippen LogP contribution in [-0.2, 0) is 23.0 Å². The fourth-order valence-corrected chi connectivity index (χ4v) is 6.37. The van der Waals surface area contributed by atoms with Gasteiger partial charge in [-0.1, -0.05) is 97.1 Å². The molecule has 0 aliphatic heterocycles.